The van der Waals surface area contributed by atoms with E-state index in [4.69, 9.17) is 5.73 Å². The lowest BCUT2D eigenvalue weighted by molar-refractivity contribution is 0.0953. The average molecular weight is 235 g/mol. The van der Waals surface area contributed by atoms with Gasteiger partial charge in [-0.15, -0.1) is 0 Å². The van der Waals surface area contributed by atoms with Gasteiger partial charge in [-0.05, 0) is 24.5 Å². The highest BCUT2D eigenvalue weighted by Gasteiger charge is 2.04. The first-order chi connectivity index (χ1) is 8.09. The van der Waals surface area contributed by atoms with Crippen LogP contribution in [0.1, 0.15) is 43.5 Å². The maximum Gasteiger partial charge on any atom is 0.251 e. The van der Waals surface area contributed by atoms with Crippen molar-refractivity contribution in [2.45, 2.75) is 33.1 Å². The van der Waals surface area contributed by atoms with Gasteiger partial charge in [0.05, 0.1) is 0 Å². The summed E-state index contributed by atoms with van der Waals surface area (Å²) in [4.78, 5) is 15.5. The molecule has 0 spiro atoms. The number of aromatic nitrogens is 1. The monoisotopic (exact) mass is 235 g/mol. The Hall–Kier alpha value is -1.58. The van der Waals surface area contributed by atoms with E-state index >= 15 is 0 Å². The van der Waals surface area contributed by atoms with E-state index in [1.54, 1.807) is 18.3 Å². The molecular weight excluding hydrogens is 214 g/mol. The molecule has 4 heteroatoms. The summed E-state index contributed by atoms with van der Waals surface area (Å²) in [5, 5.41) is 2.88. The van der Waals surface area contributed by atoms with E-state index in [0.29, 0.717) is 17.9 Å². The van der Waals surface area contributed by atoms with Gasteiger partial charge in [0.2, 0.25) is 0 Å². The molecule has 0 fully saturated rings. The number of unbranched alkanes of at least 4 members (excludes halogenated alkanes) is 1. The topological polar surface area (TPSA) is 68.0 Å². The largest absolute Gasteiger partial charge is 0.384 e. The summed E-state index contributed by atoms with van der Waals surface area (Å²) in [5.41, 5.74) is 6.09. The second-order valence-corrected chi connectivity index (χ2v) is 4.61. The Morgan fingerprint density at radius 2 is 2.24 bits per heavy atom. The molecule has 17 heavy (non-hydrogen) atoms. The molecule has 0 aliphatic rings. The van der Waals surface area contributed by atoms with E-state index < -0.39 is 0 Å². The molecule has 0 bridgehead atoms. The smallest absolute Gasteiger partial charge is 0.251 e. The summed E-state index contributed by atoms with van der Waals surface area (Å²) >= 11 is 0. The first-order valence-electron chi connectivity index (χ1n) is 6.09. The van der Waals surface area contributed by atoms with E-state index in [1.807, 2.05) is 0 Å². The summed E-state index contributed by atoms with van der Waals surface area (Å²) in [6.07, 6.45) is 4.92. The Labute approximate surface area is 103 Å². The fourth-order valence-corrected chi connectivity index (χ4v) is 1.57. The molecule has 0 saturated heterocycles. The highest BCUT2D eigenvalue weighted by Crippen LogP contribution is 2.06. The maximum atomic E-state index is 11.7. The molecular formula is C13H21N3O. The number of pyridine rings is 1. The third-order valence-electron chi connectivity index (χ3n) is 2.54. The van der Waals surface area contributed by atoms with Crippen molar-refractivity contribution < 1.29 is 4.79 Å². The first-order valence-corrected chi connectivity index (χ1v) is 6.09. The second-order valence-electron chi connectivity index (χ2n) is 4.61. The molecule has 1 aromatic rings. The average Bonchev–Trinajstić information content (AvgIpc) is 2.28. The molecule has 3 N–H and O–H groups in total. The number of nitrogens with zero attached hydrogens (tertiary/aromatic N) is 1. The lowest BCUT2D eigenvalue weighted by Crippen LogP contribution is -2.24. The molecule has 1 rings (SSSR count). The van der Waals surface area contributed by atoms with Crippen LogP contribution >= 0.6 is 0 Å². The van der Waals surface area contributed by atoms with Crippen molar-refractivity contribution in [1.82, 2.24) is 10.3 Å². The SMILES string of the molecule is CC(C)CCCCNC(=O)c1ccnc(N)c1. The Balaban J connectivity index is 2.26. The molecule has 0 aromatic carbocycles. The number of nitrogens with one attached hydrogen (secondary N) is 1. The molecule has 1 aromatic heterocycles. The number of hydrogen-bond acceptors (Lipinski definition) is 3. The van der Waals surface area contributed by atoms with Gasteiger partial charge < -0.3 is 11.1 Å². The Bertz CT molecular complexity index is 363. The van der Waals surface area contributed by atoms with E-state index in [9.17, 15) is 4.79 Å². The predicted octanol–water partition coefficient (Wildman–Crippen LogP) is 2.22. The van der Waals surface area contributed by atoms with Crippen molar-refractivity contribution in [3.05, 3.63) is 23.9 Å². The van der Waals surface area contributed by atoms with Crippen LogP contribution in [-0.2, 0) is 0 Å². The fourth-order valence-electron chi connectivity index (χ4n) is 1.57. The zero-order valence-corrected chi connectivity index (χ0v) is 10.6. The van der Waals surface area contributed by atoms with Gasteiger partial charge >= 0.3 is 0 Å². The summed E-state index contributed by atoms with van der Waals surface area (Å²) in [5.74, 6) is 1.02. The number of amides is 1. The third kappa shape index (κ3) is 5.33. The van der Waals surface area contributed by atoms with Crippen LogP contribution in [0.25, 0.3) is 0 Å². The molecule has 0 radical (unpaired) electrons. The molecule has 4 nitrogen and oxygen atoms in total. The number of rotatable bonds is 6. The molecule has 0 atom stereocenters. The molecule has 0 aliphatic heterocycles. The fraction of sp³-hybridized carbons (Fsp3) is 0.538. The number of carbonyl (C=O) groups is 1. The van der Waals surface area contributed by atoms with E-state index in [0.717, 1.165) is 18.8 Å². The molecule has 0 unspecified atom stereocenters. The quantitative estimate of drug-likeness (QED) is 0.743. The van der Waals surface area contributed by atoms with Crippen molar-refractivity contribution in [1.29, 1.82) is 0 Å². The van der Waals surface area contributed by atoms with Crippen molar-refractivity contribution in [3.63, 3.8) is 0 Å². The van der Waals surface area contributed by atoms with Gasteiger partial charge in [0, 0.05) is 18.3 Å². The molecule has 0 aliphatic carbocycles. The Kier molecular flexibility index (Phi) is 5.46. The van der Waals surface area contributed by atoms with Crippen LogP contribution in [0.4, 0.5) is 5.82 Å². The van der Waals surface area contributed by atoms with Crippen molar-refractivity contribution in [2.75, 3.05) is 12.3 Å². The minimum atomic E-state index is -0.0800. The van der Waals surface area contributed by atoms with Crippen LogP contribution < -0.4 is 11.1 Å². The summed E-state index contributed by atoms with van der Waals surface area (Å²) in [6, 6.07) is 3.25. The summed E-state index contributed by atoms with van der Waals surface area (Å²) < 4.78 is 0. The molecule has 94 valence electrons. The standard InChI is InChI=1S/C13H21N3O/c1-10(2)5-3-4-7-16-13(17)11-6-8-15-12(14)9-11/h6,8-10H,3-5,7H2,1-2H3,(H2,14,15)(H,16,17). The number of carbonyl (C=O) groups excluding carboxylic acids is 1. The lowest BCUT2D eigenvalue weighted by Gasteiger charge is -2.06. The molecule has 1 heterocycles. The Morgan fingerprint density at radius 1 is 1.47 bits per heavy atom. The number of nitrogen functional groups attached to an aromatic ring is 1. The van der Waals surface area contributed by atoms with Crippen LogP contribution in [0.3, 0.4) is 0 Å². The predicted molar refractivity (Wildman–Crippen MR) is 69.7 cm³/mol. The highest BCUT2D eigenvalue weighted by atomic mass is 16.1. The minimum Gasteiger partial charge on any atom is -0.384 e. The van der Waals surface area contributed by atoms with Crippen LogP contribution in [0.15, 0.2) is 18.3 Å². The van der Waals surface area contributed by atoms with Crippen molar-refractivity contribution >= 4 is 11.7 Å². The van der Waals surface area contributed by atoms with Gasteiger partial charge in [0.25, 0.3) is 5.91 Å². The highest BCUT2D eigenvalue weighted by molar-refractivity contribution is 5.94. The number of anilines is 1. The van der Waals surface area contributed by atoms with Gasteiger partial charge in [-0.3, -0.25) is 4.79 Å². The van der Waals surface area contributed by atoms with E-state index in [-0.39, 0.29) is 5.91 Å². The Morgan fingerprint density at radius 3 is 2.88 bits per heavy atom. The summed E-state index contributed by atoms with van der Waals surface area (Å²) in [6.45, 7) is 5.13. The van der Waals surface area contributed by atoms with Crippen LogP contribution in [0.5, 0.6) is 0 Å². The second kappa shape index (κ2) is 6.89. The van der Waals surface area contributed by atoms with Gasteiger partial charge in [0.1, 0.15) is 5.82 Å². The third-order valence-corrected chi connectivity index (χ3v) is 2.54. The van der Waals surface area contributed by atoms with Crippen LogP contribution in [0.2, 0.25) is 0 Å². The van der Waals surface area contributed by atoms with Crippen molar-refractivity contribution in [3.8, 4) is 0 Å². The van der Waals surface area contributed by atoms with Gasteiger partial charge in [-0.25, -0.2) is 4.98 Å². The zero-order chi connectivity index (χ0) is 12.7. The van der Waals surface area contributed by atoms with Gasteiger partial charge in [-0.1, -0.05) is 26.7 Å². The zero-order valence-electron chi connectivity index (χ0n) is 10.6. The molecule has 0 saturated carbocycles. The van der Waals surface area contributed by atoms with Gasteiger partial charge in [0.15, 0.2) is 0 Å². The first kappa shape index (κ1) is 13.5. The van der Waals surface area contributed by atoms with Crippen LogP contribution in [0, 0.1) is 5.92 Å². The minimum absolute atomic E-state index is 0.0800. The normalized spacial score (nSPS) is 10.5. The van der Waals surface area contributed by atoms with Crippen LogP contribution in [-0.4, -0.2) is 17.4 Å². The number of nitrogens with two attached hydrogens (primary N) is 1. The summed E-state index contributed by atoms with van der Waals surface area (Å²) in [7, 11) is 0. The van der Waals surface area contributed by atoms with E-state index in [2.05, 4.69) is 24.1 Å². The maximum absolute atomic E-state index is 11.7. The van der Waals surface area contributed by atoms with Gasteiger partial charge in [-0.2, -0.15) is 0 Å². The molecule has 1 amide bonds. The number of hydrogen-bond donors (Lipinski definition) is 2. The van der Waals surface area contributed by atoms with E-state index in [1.165, 1.54) is 6.42 Å². The van der Waals surface area contributed by atoms with Crippen molar-refractivity contribution in [2.24, 2.45) is 5.92 Å². The lowest BCUT2D eigenvalue weighted by atomic mass is 10.1.